The molecule has 0 unspecified atom stereocenters. The van der Waals surface area contributed by atoms with Crippen molar-refractivity contribution in [3.8, 4) is 0 Å². The van der Waals surface area contributed by atoms with Crippen LogP contribution in [0.5, 0.6) is 0 Å². The summed E-state index contributed by atoms with van der Waals surface area (Å²) in [5.41, 5.74) is 1.97. The van der Waals surface area contributed by atoms with Crippen molar-refractivity contribution in [2.24, 2.45) is 0 Å². The van der Waals surface area contributed by atoms with Gasteiger partial charge in [0, 0.05) is 12.8 Å². The van der Waals surface area contributed by atoms with Gasteiger partial charge in [-0.05, 0) is 23.5 Å². The second-order valence-corrected chi connectivity index (χ2v) is 9.13. The van der Waals surface area contributed by atoms with E-state index in [4.69, 9.17) is 4.74 Å². The molecule has 1 aliphatic heterocycles. The highest BCUT2D eigenvalue weighted by Gasteiger charge is 2.43. The lowest BCUT2D eigenvalue weighted by Gasteiger charge is -2.23. The summed E-state index contributed by atoms with van der Waals surface area (Å²) < 4.78 is 28.5. The summed E-state index contributed by atoms with van der Waals surface area (Å²) in [6, 6.07) is 6.83. The molecule has 1 amide bonds. The Labute approximate surface area is 149 Å². The highest BCUT2D eigenvalue weighted by molar-refractivity contribution is 7.91. The number of ether oxygens (including phenoxy) is 1. The lowest BCUT2D eigenvalue weighted by atomic mass is 9.95. The Kier molecular flexibility index (Phi) is 5.87. The minimum absolute atomic E-state index is 0.0290. The van der Waals surface area contributed by atoms with Crippen molar-refractivity contribution in [1.82, 2.24) is 4.90 Å². The number of methoxy groups -OCH3 is 1. The van der Waals surface area contributed by atoms with Gasteiger partial charge in [-0.25, -0.2) is 13.2 Å². The van der Waals surface area contributed by atoms with Gasteiger partial charge in [0.15, 0.2) is 9.84 Å². The first-order chi connectivity index (χ1) is 11.6. The van der Waals surface area contributed by atoms with Crippen LogP contribution in [0.3, 0.4) is 0 Å². The highest BCUT2D eigenvalue weighted by atomic mass is 32.2. The average Bonchev–Trinajstić information content (AvgIpc) is 3.00. The zero-order chi connectivity index (χ0) is 18.8. The molecule has 6 nitrogen and oxygen atoms in total. The number of esters is 1. The summed E-state index contributed by atoms with van der Waals surface area (Å²) in [6.45, 7) is 4.13. The number of likely N-dealkylation sites (tertiary alicyclic amines) is 1. The third-order valence-corrected chi connectivity index (χ3v) is 6.23. The molecular weight excluding hydrogens is 342 g/mol. The van der Waals surface area contributed by atoms with Crippen molar-refractivity contribution in [2.45, 2.75) is 43.9 Å². The second-order valence-electron chi connectivity index (χ2n) is 6.80. The van der Waals surface area contributed by atoms with Crippen LogP contribution < -0.4 is 0 Å². The largest absolute Gasteiger partial charge is 0.467 e. The fourth-order valence-corrected chi connectivity index (χ4v) is 4.23. The van der Waals surface area contributed by atoms with Crippen molar-refractivity contribution in [1.29, 1.82) is 0 Å². The Bertz CT molecular complexity index is 756. The number of nitrogens with zero attached hydrogens (tertiary/aromatic N) is 1. The first-order valence-corrected chi connectivity index (χ1v) is 10.2. The third kappa shape index (κ3) is 4.39. The summed E-state index contributed by atoms with van der Waals surface area (Å²) >= 11 is 0. The van der Waals surface area contributed by atoms with E-state index >= 15 is 0 Å². The fraction of sp³-hybridized carbons (Fsp3) is 0.556. The highest BCUT2D eigenvalue weighted by Crippen LogP contribution is 2.26. The molecule has 0 aliphatic carbocycles. The fourth-order valence-electron chi connectivity index (χ4n) is 3.27. The number of benzene rings is 1. The van der Waals surface area contributed by atoms with Gasteiger partial charge in [0.05, 0.1) is 18.8 Å². The maximum atomic E-state index is 12.8. The van der Waals surface area contributed by atoms with E-state index in [0.717, 1.165) is 17.4 Å². The van der Waals surface area contributed by atoms with Gasteiger partial charge in [-0.15, -0.1) is 0 Å². The van der Waals surface area contributed by atoms with E-state index in [0.29, 0.717) is 0 Å². The molecule has 0 aromatic heterocycles. The van der Waals surface area contributed by atoms with E-state index in [1.807, 2.05) is 24.3 Å². The number of hydrogen-bond donors (Lipinski definition) is 0. The van der Waals surface area contributed by atoms with Gasteiger partial charge in [0.2, 0.25) is 5.91 Å². The Morgan fingerprint density at radius 2 is 1.92 bits per heavy atom. The van der Waals surface area contributed by atoms with E-state index in [9.17, 15) is 18.0 Å². The molecule has 7 heteroatoms. The molecule has 2 atom stereocenters. The zero-order valence-corrected chi connectivity index (χ0v) is 15.9. The molecule has 1 heterocycles. The van der Waals surface area contributed by atoms with Crippen LogP contribution in [-0.2, 0) is 30.6 Å². The predicted molar refractivity (Wildman–Crippen MR) is 95.0 cm³/mol. The van der Waals surface area contributed by atoms with E-state index in [2.05, 4.69) is 13.8 Å². The Morgan fingerprint density at radius 1 is 1.28 bits per heavy atom. The molecule has 1 aromatic rings. The maximum Gasteiger partial charge on any atom is 0.328 e. The summed E-state index contributed by atoms with van der Waals surface area (Å²) in [6.07, 6.45) is 1.36. The molecule has 0 spiro atoms. The molecular formula is C18H25NO5S. The smallest absolute Gasteiger partial charge is 0.328 e. The average molecular weight is 367 g/mol. The molecule has 0 saturated carbocycles. The van der Waals surface area contributed by atoms with E-state index < -0.39 is 27.1 Å². The topological polar surface area (TPSA) is 80.8 Å². The van der Waals surface area contributed by atoms with Crippen molar-refractivity contribution in [3.63, 3.8) is 0 Å². The van der Waals surface area contributed by atoms with E-state index in [-0.39, 0.29) is 31.2 Å². The van der Waals surface area contributed by atoms with Crippen LogP contribution in [0.2, 0.25) is 0 Å². The van der Waals surface area contributed by atoms with Crippen LogP contribution in [0.15, 0.2) is 24.3 Å². The van der Waals surface area contributed by atoms with E-state index in [1.54, 1.807) is 0 Å². The number of carbonyl (C=O) groups is 2. The lowest BCUT2D eigenvalue weighted by molar-refractivity contribution is -0.150. The van der Waals surface area contributed by atoms with Gasteiger partial charge in [0.25, 0.3) is 0 Å². The van der Waals surface area contributed by atoms with Gasteiger partial charge in [-0.3, -0.25) is 4.79 Å². The third-order valence-electron chi connectivity index (χ3n) is 4.68. The predicted octanol–water partition coefficient (Wildman–Crippen LogP) is 1.54. The number of rotatable bonds is 5. The van der Waals surface area contributed by atoms with Crippen LogP contribution in [-0.4, -0.2) is 56.4 Å². The van der Waals surface area contributed by atoms with Crippen LogP contribution in [0.4, 0.5) is 0 Å². The van der Waals surface area contributed by atoms with E-state index in [1.165, 1.54) is 12.0 Å². The number of carbonyl (C=O) groups excluding carboxylic acids is 2. The van der Waals surface area contributed by atoms with Gasteiger partial charge in [-0.2, -0.15) is 0 Å². The van der Waals surface area contributed by atoms with Crippen molar-refractivity contribution in [3.05, 3.63) is 35.4 Å². The van der Waals surface area contributed by atoms with Gasteiger partial charge in [-0.1, -0.05) is 38.1 Å². The summed E-state index contributed by atoms with van der Waals surface area (Å²) in [5.74, 6) is -0.561. The van der Waals surface area contributed by atoms with Gasteiger partial charge in [0.1, 0.15) is 6.04 Å². The van der Waals surface area contributed by atoms with Crippen LogP contribution >= 0.6 is 0 Å². The van der Waals surface area contributed by atoms with Crippen molar-refractivity contribution >= 4 is 21.7 Å². The Balaban J connectivity index is 2.25. The molecule has 1 saturated heterocycles. The summed E-state index contributed by atoms with van der Waals surface area (Å²) in [4.78, 5) is 26.2. The van der Waals surface area contributed by atoms with Gasteiger partial charge >= 0.3 is 5.97 Å². The minimum Gasteiger partial charge on any atom is -0.467 e. The molecule has 2 rings (SSSR count). The second kappa shape index (κ2) is 7.56. The molecule has 0 radical (unpaired) electrons. The molecule has 25 heavy (non-hydrogen) atoms. The first-order valence-electron chi connectivity index (χ1n) is 8.29. The monoisotopic (exact) mass is 367 g/mol. The number of sulfone groups is 1. The zero-order valence-electron chi connectivity index (χ0n) is 15.1. The molecule has 1 aliphatic rings. The molecule has 0 N–H and O–H groups in total. The molecule has 138 valence electrons. The van der Waals surface area contributed by atoms with Crippen LogP contribution in [0.25, 0.3) is 0 Å². The molecule has 1 fully saturated rings. The van der Waals surface area contributed by atoms with Crippen LogP contribution in [0, 0.1) is 0 Å². The summed E-state index contributed by atoms with van der Waals surface area (Å²) in [7, 11) is -2.10. The number of amides is 1. The Morgan fingerprint density at radius 3 is 2.48 bits per heavy atom. The number of hydrogen-bond acceptors (Lipinski definition) is 5. The van der Waals surface area contributed by atoms with Crippen molar-refractivity contribution in [2.75, 3.05) is 19.9 Å². The first kappa shape index (κ1) is 19.4. The quantitative estimate of drug-likeness (QED) is 0.738. The van der Waals surface area contributed by atoms with Gasteiger partial charge < -0.3 is 9.64 Å². The molecule has 1 aromatic carbocycles. The normalized spacial score (nSPS) is 20.8. The Hall–Kier alpha value is -1.89. The molecule has 0 bridgehead atoms. The maximum absolute atomic E-state index is 12.8. The van der Waals surface area contributed by atoms with Crippen LogP contribution in [0.1, 0.15) is 37.3 Å². The minimum atomic E-state index is -3.34. The standard InChI is InChI=1S/C18H25NO5S/c1-12(2)15-8-6-5-7-13(15)9-17(20)19-11-14(25(4,22)23)10-16(19)18(21)24-3/h5-8,12,14,16H,9-11H2,1-4H3/t14-,16+/m1/s1. The SMILES string of the molecule is COC(=O)[C@@H]1C[C@@H](S(C)(=O)=O)CN1C(=O)Cc1ccccc1C(C)C. The lowest BCUT2D eigenvalue weighted by Crippen LogP contribution is -2.42. The summed E-state index contributed by atoms with van der Waals surface area (Å²) in [5, 5.41) is -0.735. The van der Waals surface area contributed by atoms with Crippen molar-refractivity contribution < 1.29 is 22.7 Å².